The summed E-state index contributed by atoms with van der Waals surface area (Å²) >= 11 is 0. The van der Waals surface area contributed by atoms with E-state index in [0.717, 1.165) is 5.56 Å². The number of fused-ring (bicyclic) bond motifs is 1. The van der Waals surface area contributed by atoms with Crippen LogP contribution < -0.4 is 10.1 Å². The van der Waals surface area contributed by atoms with Crippen LogP contribution in [0.3, 0.4) is 0 Å². The third-order valence-corrected chi connectivity index (χ3v) is 4.85. The summed E-state index contributed by atoms with van der Waals surface area (Å²) in [4.78, 5) is 12.7. The Morgan fingerprint density at radius 3 is 2.76 bits per heavy atom. The fourth-order valence-corrected chi connectivity index (χ4v) is 3.30. The van der Waals surface area contributed by atoms with Gasteiger partial charge in [0.1, 0.15) is 24.6 Å². The van der Waals surface area contributed by atoms with Crippen molar-refractivity contribution in [3.8, 4) is 11.5 Å². The van der Waals surface area contributed by atoms with E-state index in [1.54, 1.807) is 18.2 Å². The smallest absolute Gasteiger partial charge is 0.167 e. The molecule has 5 N–H and O–H groups in total. The van der Waals surface area contributed by atoms with Gasteiger partial charge in [-0.25, -0.2) is 15.0 Å². The Bertz CT molecular complexity index is 1010. The van der Waals surface area contributed by atoms with E-state index in [-0.39, 0.29) is 5.75 Å². The van der Waals surface area contributed by atoms with Gasteiger partial charge >= 0.3 is 0 Å². The first-order chi connectivity index (χ1) is 14.0. The van der Waals surface area contributed by atoms with Crippen LogP contribution in [0.4, 0.5) is 5.82 Å². The second-order valence-electron chi connectivity index (χ2n) is 6.63. The van der Waals surface area contributed by atoms with E-state index < -0.39 is 31.1 Å². The summed E-state index contributed by atoms with van der Waals surface area (Å²) in [5.74, 6) is 0.885. The number of aromatic hydroxyl groups is 1. The Hall–Kier alpha value is -2.99. The molecule has 1 fully saturated rings. The molecule has 0 saturated carbocycles. The van der Waals surface area contributed by atoms with Crippen LogP contribution in [0.1, 0.15) is 11.8 Å². The predicted molar refractivity (Wildman–Crippen MR) is 100 cm³/mol. The van der Waals surface area contributed by atoms with E-state index >= 15 is 0 Å². The lowest BCUT2D eigenvalue weighted by atomic mass is 10.1. The van der Waals surface area contributed by atoms with Crippen molar-refractivity contribution in [2.45, 2.75) is 31.1 Å². The summed E-state index contributed by atoms with van der Waals surface area (Å²) in [6.07, 6.45) is -1.49. The first-order valence-electron chi connectivity index (χ1n) is 8.93. The Kier molecular flexibility index (Phi) is 5.20. The van der Waals surface area contributed by atoms with Gasteiger partial charge in [-0.1, -0.05) is 6.07 Å². The number of rotatable bonds is 6. The molecule has 1 aromatic carbocycles. The first kappa shape index (κ1) is 19.3. The molecule has 11 heteroatoms. The number of nitrogens with zero attached hydrogens (tertiary/aromatic N) is 4. The normalized spacial score (nSPS) is 24.1. The lowest BCUT2D eigenvalue weighted by Crippen LogP contribution is -2.33. The van der Waals surface area contributed by atoms with Crippen LogP contribution in [-0.2, 0) is 11.3 Å². The summed E-state index contributed by atoms with van der Waals surface area (Å²) in [5, 5.41) is 42.4. The van der Waals surface area contributed by atoms with Crippen molar-refractivity contribution < 1.29 is 29.9 Å². The maximum absolute atomic E-state index is 10.3. The molecule has 1 saturated heterocycles. The average Bonchev–Trinajstić information content (AvgIpc) is 3.29. The fourth-order valence-electron chi connectivity index (χ4n) is 3.30. The van der Waals surface area contributed by atoms with E-state index in [1.807, 2.05) is 0 Å². The van der Waals surface area contributed by atoms with E-state index in [1.165, 1.54) is 24.3 Å². The molecule has 11 nitrogen and oxygen atoms in total. The number of benzene rings is 1. The zero-order valence-electron chi connectivity index (χ0n) is 15.5. The molecular formula is C18H21N5O6. The number of hydrogen-bond donors (Lipinski definition) is 5. The number of imidazole rings is 1. The summed E-state index contributed by atoms with van der Waals surface area (Å²) < 4.78 is 12.2. The standard InChI is InChI=1S/C18H21N5O6/c1-28-11-4-9(2-3-10(11)25)5-19-16-13-17(21-7-20-16)23(8-22-13)18-15(27)14(26)12(6-24)29-18/h2-4,7-8,12,14-15,18,24-27H,5-6H2,1H3,(H,19,20,21)/t12-,14-,15+,18-/m1/s1. The van der Waals surface area contributed by atoms with Crippen LogP contribution in [-0.4, -0.2) is 72.0 Å². The van der Waals surface area contributed by atoms with Crippen molar-refractivity contribution in [1.82, 2.24) is 19.5 Å². The number of aliphatic hydroxyl groups is 3. The molecule has 1 aliphatic rings. The van der Waals surface area contributed by atoms with Crippen molar-refractivity contribution in [2.24, 2.45) is 0 Å². The van der Waals surface area contributed by atoms with Crippen molar-refractivity contribution in [3.63, 3.8) is 0 Å². The summed E-state index contributed by atoms with van der Waals surface area (Å²) in [5.41, 5.74) is 1.71. The molecule has 29 heavy (non-hydrogen) atoms. The molecule has 2 aromatic heterocycles. The minimum Gasteiger partial charge on any atom is -0.504 e. The fraction of sp³-hybridized carbons (Fsp3) is 0.389. The third kappa shape index (κ3) is 3.44. The van der Waals surface area contributed by atoms with Gasteiger partial charge in [-0.3, -0.25) is 4.57 Å². The molecule has 4 atom stereocenters. The molecule has 154 valence electrons. The highest BCUT2D eigenvalue weighted by molar-refractivity contribution is 5.82. The number of phenols is 1. The molecule has 0 spiro atoms. The molecule has 3 aromatic rings. The topological polar surface area (TPSA) is 155 Å². The molecule has 0 amide bonds. The Balaban J connectivity index is 1.58. The van der Waals surface area contributed by atoms with Gasteiger partial charge in [-0.2, -0.15) is 0 Å². The van der Waals surface area contributed by atoms with E-state index in [0.29, 0.717) is 29.3 Å². The molecular weight excluding hydrogens is 382 g/mol. The lowest BCUT2D eigenvalue weighted by molar-refractivity contribution is -0.0511. The van der Waals surface area contributed by atoms with Gasteiger partial charge in [0.15, 0.2) is 34.7 Å². The van der Waals surface area contributed by atoms with Gasteiger partial charge in [-0.05, 0) is 17.7 Å². The second kappa shape index (κ2) is 7.79. The van der Waals surface area contributed by atoms with Crippen LogP contribution in [0.15, 0.2) is 30.9 Å². The lowest BCUT2D eigenvalue weighted by Gasteiger charge is -2.16. The number of methoxy groups -OCH3 is 1. The monoisotopic (exact) mass is 403 g/mol. The highest BCUT2D eigenvalue weighted by Crippen LogP contribution is 2.32. The number of anilines is 1. The van der Waals surface area contributed by atoms with Crippen LogP contribution >= 0.6 is 0 Å². The number of aromatic nitrogens is 4. The molecule has 0 bridgehead atoms. The third-order valence-electron chi connectivity index (χ3n) is 4.85. The van der Waals surface area contributed by atoms with Gasteiger partial charge in [0.25, 0.3) is 0 Å². The number of aliphatic hydroxyl groups excluding tert-OH is 3. The molecule has 3 heterocycles. The zero-order valence-corrected chi connectivity index (χ0v) is 15.5. The van der Waals surface area contributed by atoms with Crippen molar-refractivity contribution in [2.75, 3.05) is 19.0 Å². The zero-order chi connectivity index (χ0) is 20.5. The molecule has 1 aliphatic heterocycles. The van der Waals surface area contributed by atoms with Crippen molar-refractivity contribution >= 4 is 17.0 Å². The van der Waals surface area contributed by atoms with Crippen molar-refractivity contribution in [1.29, 1.82) is 0 Å². The largest absolute Gasteiger partial charge is 0.504 e. The van der Waals surface area contributed by atoms with Gasteiger partial charge in [-0.15, -0.1) is 0 Å². The number of nitrogens with one attached hydrogen (secondary N) is 1. The first-order valence-corrected chi connectivity index (χ1v) is 8.93. The highest BCUT2D eigenvalue weighted by Gasteiger charge is 2.44. The predicted octanol–water partition coefficient (Wildman–Crippen LogP) is -0.236. The Morgan fingerprint density at radius 2 is 2.03 bits per heavy atom. The van der Waals surface area contributed by atoms with Crippen molar-refractivity contribution in [3.05, 3.63) is 36.4 Å². The Labute approximate surface area is 165 Å². The summed E-state index contributed by atoms with van der Waals surface area (Å²) in [6.45, 7) is -0.0251. The number of ether oxygens (including phenoxy) is 2. The molecule has 0 aliphatic carbocycles. The summed E-state index contributed by atoms with van der Waals surface area (Å²) in [6, 6.07) is 5.00. The minimum absolute atomic E-state index is 0.0536. The SMILES string of the molecule is COc1cc(CNc2ncnc3c2ncn3[C@@H]2O[C@H](CO)[C@@H](O)[C@@H]2O)ccc1O. The van der Waals surface area contributed by atoms with E-state index in [9.17, 15) is 20.4 Å². The van der Waals surface area contributed by atoms with Crippen LogP contribution in [0.5, 0.6) is 11.5 Å². The van der Waals surface area contributed by atoms with Gasteiger partial charge < -0.3 is 35.2 Å². The van der Waals surface area contributed by atoms with Crippen LogP contribution in [0, 0.1) is 0 Å². The molecule has 0 unspecified atom stereocenters. The molecule has 0 radical (unpaired) electrons. The average molecular weight is 403 g/mol. The van der Waals surface area contributed by atoms with Crippen LogP contribution in [0.25, 0.3) is 11.2 Å². The highest BCUT2D eigenvalue weighted by atomic mass is 16.6. The van der Waals surface area contributed by atoms with Crippen LogP contribution in [0.2, 0.25) is 0 Å². The number of hydrogen-bond acceptors (Lipinski definition) is 10. The maximum Gasteiger partial charge on any atom is 0.167 e. The van der Waals surface area contributed by atoms with Gasteiger partial charge in [0, 0.05) is 6.54 Å². The Morgan fingerprint density at radius 1 is 1.21 bits per heavy atom. The van der Waals surface area contributed by atoms with E-state index in [2.05, 4.69) is 20.3 Å². The molecule has 4 rings (SSSR count). The minimum atomic E-state index is -1.24. The second-order valence-corrected chi connectivity index (χ2v) is 6.63. The number of phenolic OH excluding ortho intramolecular Hbond substituents is 1. The maximum atomic E-state index is 10.3. The van der Waals surface area contributed by atoms with E-state index in [4.69, 9.17) is 9.47 Å². The quantitative estimate of drug-likeness (QED) is 0.372. The van der Waals surface area contributed by atoms with Gasteiger partial charge in [0.2, 0.25) is 0 Å². The van der Waals surface area contributed by atoms with Gasteiger partial charge in [0.05, 0.1) is 20.0 Å². The summed E-state index contributed by atoms with van der Waals surface area (Å²) in [7, 11) is 1.48.